The molecule has 11 nitrogen and oxygen atoms in total. The van der Waals surface area contributed by atoms with Crippen LogP contribution < -0.4 is 5.32 Å². The van der Waals surface area contributed by atoms with Gasteiger partial charge >= 0.3 is 12.1 Å². The Morgan fingerprint density at radius 3 is 2.05 bits per heavy atom. The summed E-state index contributed by atoms with van der Waals surface area (Å²) in [5, 5.41) is 3.10. The lowest BCUT2D eigenvalue weighted by Crippen LogP contribution is -2.47. The Balaban J connectivity index is 2.62. The molecule has 1 amide bonds. The zero-order valence-electron chi connectivity index (χ0n) is 45.4. The topological polar surface area (TPSA) is 117 Å². The van der Waals surface area contributed by atoms with E-state index in [0.29, 0.717) is 31.8 Å². The highest BCUT2D eigenvalue weighted by Gasteiger charge is 2.51. The molecule has 1 fully saturated rings. The molecule has 0 aromatic heterocycles. The molecule has 2 heterocycles. The second-order valence-corrected chi connectivity index (χ2v) is 34.3. The van der Waals surface area contributed by atoms with Crippen LogP contribution in [0.4, 0.5) is 4.79 Å². The molecule has 0 spiro atoms. The number of carbonyl (C=O) groups is 2. The number of methoxy groups -OCH3 is 1. The maximum Gasteiger partial charge on any atom is 0.410 e. The van der Waals surface area contributed by atoms with Crippen molar-refractivity contribution in [2.45, 2.75) is 238 Å². The van der Waals surface area contributed by atoms with Crippen LogP contribution in [0, 0.1) is 11.8 Å². The van der Waals surface area contributed by atoms with E-state index < -0.39 is 54.5 Å². The molecular weight excluding hydrogens is 881 g/mol. The highest BCUT2D eigenvalue weighted by Crippen LogP contribution is 2.43. The molecule has 1 saturated heterocycles. The number of likely N-dealkylation sites (N-methyl/N-ethyl adjacent to an activating group) is 2. The van der Waals surface area contributed by atoms with Crippen LogP contribution in [0.15, 0.2) is 36.0 Å². The Morgan fingerprint density at radius 1 is 0.955 bits per heavy atom. The zero-order valence-corrected chi connectivity index (χ0v) is 48.4. The molecular formula is C52H100N2O9Si3. The van der Waals surface area contributed by atoms with E-state index in [0.717, 1.165) is 72.8 Å². The Hall–Kier alpha value is -1.63. The number of epoxide rings is 1. The van der Waals surface area contributed by atoms with E-state index in [1.165, 1.54) is 0 Å². The van der Waals surface area contributed by atoms with Crippen LogP contribution >= 0.6 is 0 Å². The molecule has 0 bridgehead atoms. The average Bonchev–Trinajstić information content (AvgIpc) is 4.09. The predicted molar refractivity (Wildman–Crippen MR) is 281 cm³/mol. The second kappa shape index (κ2) is 28.3. The van der Waals surface area contributed by atoms with E-state index in [-0.39, 0.29) is 42.7 Å². The molecule has 0 aromatic carbocycles. The van der Waals surface area contributed by atoms with Crippen molar-refractivity contribution in [1.82, 2.24) is 10.2 Å². The van der Waals surface area contributed by atoms with Gasteiger partial charge in [-0.3, -0.25) is 4.79 Å². The molecule has 2 aliphatic rings. The molecule has 0 saturated carbocycles. The summed E-state index contributed by atoms with van der Waals surface area (Å²) in [5.74, 6) is -0.246. The number of hydrogen-bond donors (Lipinski definition) is 1. The summed E-state index contributed by atoms with van der Waals surface area (Å²) in [6.07, 6.45) is 11.6. The summed E-state index contributed by atoms with van der Waals surface area (Å²) in [4.78, 5) is 29.2. The third kappa shape index (κ3) is 17.1. The fourth-order valence-corrected chi connectivity index (χ4v) is 19.1. The van der Waals surface area contributed by atoms with Crippen LogP contribution in [0.25, 0.3) is 0 Å². The van der Waals surface area contributed by atoms with Gasteiger partial charge in [0.25, 0.3) is 0 Å². The molecule has 2 aliphatic heterocycles. The van der Waals surface area contributed by atoms with Gasteiger partial charge in [-0.05, 0) is 113 Å². The number of nitrogens with one attached hydrogen (secondary N) is 1. The molecule has 14 heteroatoms. The average molecular weight is 982 g/mol. The zero-order chi connectivity index (χ0) is 49.9. The largest absolute Gasteiger partial charge is 0.457 e. The molecule has 384 valence electrons. The fourth-order valence-electron chi connectivity index (χ4n) is 10.0. The summed E-state index contributed by atoms with van der Waals surface area (Å²) in [6, 6.07) is 9.44. The monoisotopic (exact) mass is 981 g/mol. The first-order valence-electron chi connectivity index (χ1n) is 26.3. The number of carbonyl (C=O) groups excluding carboxylic acids is 2. The highest BCUT2D eigenvalue weighted by molar-refractivity contribution is 6.74. The summed E-state index contributed by atoms with van der Waals surface area (Å²) in [5.41, 5.74) is -0.534. The fraction of sp³-hybridized carbons (Fsp3) is 0.846. The lowest BCUT2D eigenvalue weighted by atomic mass is 9.88. The Bertz CT molecular complexity index is 1510. The van der Waals surface area contributed by atoms with Gasteiger partial charge in [-0.25, -0.2) is 4.79 Å². The van der Waals surface area contributed by atoms with Crippen molar-refractivity contribution in [3.63, 3.8) is 0 Å². The number of cyclic esters (lactones) is 1. The van der Waals surface area contributed by atoms with E-state index >= 15 is 0 Å². The third-order valence-electron chi connectivity index (χ3n) is 16.0. The second-order valence-electron chi connectivity index (χ2n) is 20.2. The van der Waals surface area contributed by atoms with Crippen LogP contribution in [-0.4, -0.2) is 124 Å². The summed E-state index contributed by atoms with van der Waals surface area (Å²) >= 11 is 0. The van der Waals surface area contributed by atoms with Crippen molar-refractivity contribution >= 4 is 37.0 Å². The number of esters is 1. The number of rotatable bonds is 28. The highest BCUT2D eigenvalue weighted by atomic mass is 28.4. The molecule has 1 N–H and O–H groups in total. The standard InChI is InChI=1S/C52H100N2O9Si3/c1-19-44(62-65(23-5,24-6)25-7)42(13)49-45(58-49)39-51(14,63-66(26-8,27-9)28-10)34-29-30-40(11)48-41(12)31-32-46(59-50(56)54(17)37-36-53-16)52(15,57-18)35-33-43(38-47(55)60-48)61-64(20-2,21-3)22-4/h29-32,34,41-46,48-49,53H,19-28,33,35-39H2,1-18H3/b32-31+,34-29+,40-30+/t41-,42+,43+,44-,45+,46+,48+,49+,51-,52+/m0/s1. The first kappa shape index (κ1) is 60.5. The first-order valence-corrected chi connectivity index (χ1v) is 33.8. The number of allylic oxidation sites excluding steroid dienone is 2. The van der Waals surface area contributed by atoms with Gasteiger partial charge in [0, 0.05) is 51.6 Å². The smallest absolute Gasteiger partial charge is 0.410 e. The molecule has 0 aliphatic carbocycles. The van der Waals surface area contributed by atoms with Crippen LogP contribution in [0.3, 0.4) is 0 Å². The Kier molecular flexibility index (Phi) is 25.9. The maximum atomic E-state index is 14.1. The number of nitrogens with zero attached hydrogens (tertiary/aromatic N) is 1. The van der Waals surface area contributed by atoms with E-state index in [2.05, 4.69) is 107 Å². The molecule has 0 unspecified atom stereocenters. The lowest BCUT2D eigenvalue weighted by Gasteiger charge is -2.39. The van der Waals surface area contributed by atoms with Gasteiger partial charge < -0.3 is 42.4 Å². The van der Waals surface area contributed by atoms with Crippen LogP contribution in [-0.2, 0) is 37.0 Å². The molecule has 10 atom stereocenters. The Labute approximate surface area is 407 Å². The van der Waals surface area contributed by atoms with E-state index in [1.54, 1.807) is 19.1 Å². The van der Waals surface area contributed by atoms with Crippen molar-refractivity contribution in [3.8, 4) is 0 Å². The van der Waals surface area contributed by atoms with Gasteiger partial charge in [0.1, 0.15) is 11.7 Å². The maximum absolute atomic E-state index is 14.1. The SMILES string of the molecule is CC[C@H](O[Si](CC)(CC)CC)[C@@H](C)[C@H]1O[C@@H]1C[C@](C)(/C=C/C=C(\C)[C@H]1OC(=O)C[C@H](O[Si](CC)(CC)CC)CC[C@@](C)(OC)[C@H](OC(=O)N(C)CCNC)/C=C/[C@@H]1C)O[Si](CC)(CC)CC. The number of hydrogen-bond acceptors (Lipinski definition) is 10. The van der Waals surface area contributed by atoms with Gasteiger partial charge in [0.2, 0.25) is 0 Å². The summed E-state index contributed by atoms with van der Waals surface area (Å²) in [6.45, 7) is 34.3. The third-order valence-corrected chi connectivity index (χ3v) is 30.2. The normalized spacial score (nSPS) is 27.3. The van der Waals surface area contributed by atoms with Gasteiger partial charge in [0.15, 0.2) is 31.1 Å². The van der Waals surface area contributed by atoms with Crippen molar-refractivity contribution in [2.24, 2.45) is 11.8 Å². The summed E-state index contributed by atoms with van der Waals surface area (Å²) in [7, 11) is -0.657. The van der Waals surface area contributed by atoms with Gasteiger partial charge in [-0.15, -0.1) is 0 Å². The van der Waals surface area contributed by atoms with Gasteiger partial charge in [-0.2, -0.15) is 0 Å². The van der Waals surface area contributed by atoms with Crippen molar-refractivity contribution in [1.29, 1.82) is 0 Å². The predicted octanol–water partition coefficient (Wildman–Crippen LogP) is 12.6. The van der Waals surface area contributed by atoms with Gasteiger partial charge in [0.05, 0.1) is 30.3 Å². The molecule has 66 heavy (non-hydrogen) atoms. The van der Waals surface area contributed by atoms with Crippen molar-refractivity contribution < 1.29 is 41.8 Å². The van der Waals surface area contributed by atoms with E-state index in [4.69, 9.17) is 32.2 Å². The van der Waals surface area contributed by atoms with Crippen LogP contribution in [0.2, 0.25) is 54.4 Å². The van der Waals surface area contributed by atoms with E-state index in [1.807, 2.05) is 40.0 Å². The lowest BCUT2D eigenvalue weighted by molar-refractivity contribution is -0.151. The molecule has 2 rings (SSSR count). The number of ether oxygens (including phenoxy) is 4. The van der Waals surface area contributed by atoms with E-state index in [9.17, 15) is 9.59 Å². The Morgan fingerprint density at radius 2 is 1.53 bits per heavy atom. The van der Waals surface area contributed by atoms with Crippen LogP contribution in [0.1, 0.15) is 136 Å². The summed E-state index contributed by atoms with van der Waals surface area (Å²) < 4.78 is 47.0. The molecule has 0 aromatic rings. The van der Waals surface area contributed by atoms with Crippen molar-refractivity contribution in [3.05, 3.63) is 36.0 Å². The first-order chi connectivity index (χ1) is 31.2. The minimum Gasteiger partial charge on any atom is -0.457 e. The minimum absolute atomic E-state index is 0.0843. The van der Waals surface area contributed by atoms with Gasteiger partial charge in [-0.1, -0.05) is 107 Å². The van der Waals surface area contributed by atoms with Crippen molar-refractivity contribution in [2.75, 3.05) is 34.3 Å². The number of amides is 1. The van der Waals surface area contributed by atoms with Crippen LogP contribution in [0.5, 0.6) is 0 Å². The minimum atomic E-state index is -2.11. The quantitative estimate of drug-likeness (QED) is 0.0267. The molecule has 0 radical (unpaired) electrons.